The standard InChI is InChI=1S/C19H28N4OS/c1-13(24)11-20-18-17-14-7-3-4-8-15(14)25-19(17)22-16(21-18)12-23-9-5-2-6-10-23/h13,24H,2-12H2,1H3,(H,20,21,22)/t13-/m0/s1. The zero-order valence-corrected chi connectivity index (χ0v) is 15.9. The normalized spacial score (nSPS) is 19.8. The fraction of sp³-hybridized carbons (Fsp3) is 0.684. The SMILES string of the molecule is C[C@H](O)CNc1nc(CN2CCCCC2)nc2sc3c(c12)CCCC3. The van der Waals surface area contributed by atoms with Crippen LogP contribution in [0.3, 0.4) is 0 Å². The van der Waals surface area contributed by atoms with Crippen LogP contribution in [0.5, 0.6) is 0 Å². The van der Waals surface area contributed by atoms with Crippen molar-refractivity contribution in [3.63, 3.8) is 0 Å². The van der Waals surface area contributed by atoms with Crippen LogP contribution in [0.2, 0.25) is 0 Å². The molecular formula is C19H28N4OS. The second-order valence-electron chi connectivity index (χ2n) is 7.45. The van der Waals surface area contributed by atoms with Gasteiger partial charge in [0, 0.05) is 11.4 Å². The number of aryl methyl sites for hydroxylation is 2. The number of rotatable bonds is 5. The van der Waals surface area contributed by atoms with E-state index in [0.29, 0.717) is 6.54 Å². The maximum absolute atomic E-state index is 9.69. The Morgan fingerprint density at radius 2 is 1.92 bits per heavy atom. The van der Waals surface area contributed by atoms with Gasteiger partial charge in [0.05, 0.1) is 18.0 Å². The fourth-order valence-corrected chi connectivity index (χ4v) is 5.24. The molecule has 0 saturated carbocycles. The van der Waals surface area contributed by atoms with Crippen molar-refractivity contribution >= 4 is 27.4 Å². The molecule has 2 aromatic rings. The van der Waals surface area contributed by atoms with E-state index in [4.69, 9.17) is 9.97 Å². The van der Waals surface area contributed by atoms with Crippen molar-refractivity contribution in [1.82, 2.24) is 14.9 Å². The van der Waals surface area contributed by atoms with Gasteiger partial charge in [0.2, 0.25) is 0 Å². The van der Waals surface area contributed by atoms with Gasteiger partial charge in [-0.05, 0) is 64.1 Å². The second-order valence-corrected chi connectivity index (χ2v) is 8.53. The third-order valence-corrected chi connectivity index (χ3v) is 6.43. The minimum absolute atomic E-state index is 0.384. The van der Waals surface area contributed by atoms with Gasteiger partial charge in [-0.2, -0.15) is 0 Å². The Labute approximate surface area is 153 Å². The van der Waals surface area contributed by atoms with E-state index in [1.54, 1.807) is 0 Å². The average molecular weight is 361 g/mol. The molecule has 0 aromatic carbocycles. The van der Waals surface area contributed by atoms with E-state index in [9.17, 15) is 5.11 Å². The summed E-state index contributed by atoms with van der Waals surface area (Å²) in [7, 11) is 0. The first kappa shape index (κ1) is 17.2. The quantitative estimate of drug-likeness (QED) is 0.856. The van der Waals surface area contributed by atoms with Gasteiger partial charge in [-0.3, -0.25) is 4.90 Å². The van der Waals surface area contributed by atoms with Gasteiger partial charge >= 0.3 is 0 Å². The minimum Gasteiger partial charge on any atom is -0.392 e. The van der Waals surface area contributed by atoms with Gasteiger partial charge in [-0.15, -0.1) is 11.3 Å². The lowest BCUT2D eigenvalue weighted by atomic mass is 9.97. The number of aliphatic hydroxyl groups excluding tert-OH is 1. The first-order valence-electron chi connectivity index (χ1n) is 9.66. The van der Waals surface area contributed by atoms with E-state index in [1.165, 1.54) is 54.4 Å². The molecule has 0 amide bonds. The Bertz CT molecular complexity index is 737. The predicted octanol–water partition coefficient (Wildman–Crippen LogP) is 3.35. The number of fused-ring (bicyclic) bond motifs is 3. The number of nitrogens with zero attached hydrogens (tertiary/aromatic N) is 3. The van der Waals surface area contributed by atoms with Crippen molar-refractivity contribution in [2.45, 2.75) is 64.5 Å². The highest BCUT2D eigenvalue weighted by Crippen LogP contribution is 2.38. The van der Waals surface area contributed by atoms with Crippen molar-refractivity contribution in [2.75, 3.05) is 25.0 Å². The summed E-state index contributed by atoms with van der Waals surface area (Å²) in [6.07, 6.45) is 8.36. The number of likely N-dealkylation sites (tertiary alicyclic amines) is 1. The molecule has 1 atom stereocenters. The van der Waals surface area contributed by atoms with Crippen molar-refractivity contribution in [3.8, 4) is 0 Å². The molecule has 25 heavy (non-hydrogen) atoms. The number of aliphatic hydroxyl groups is 1. The lowest BCUT2D eigenvalue weighted by molar-refractivity contribution is 0.208. The molecule has 2 aromatic heterocycles. The van der Waals surface area contributed by atoms with Gasteiger partial charge in [0.25, 0.3) is 0 Å². The first-order valence-corrected chi connectivity index (χ1v) is 10.5. The fourth-order valence-electron chi connectivity index (χ4n) is 3.96. The summed E-state index contributed by atoms with van der Waals surface area (Å²) in [4.78, 5) is 14.9. The van der Waals surface area contributed by atoms with E-state index in [2.05, 4.69) is 10.2 Å². The van der Waals surface area contributed by atoms with Crippen LogP contribution in [0.15, 0.2) is 0 Å². The molecule has 4 rings (SSSR count). The van der Waals surface area contributed by atoms with E-state index >= 15 is 0 Å². The van der Waals surface area contributed by atoms with Gasteiger partial charge in [-0.25, -0.2) is 9.97 Å². The van der Waals surface area contributed by atoms with Crippen molar-refractivity contribution in [1.29, 1.82) is 0 Å². The zero-order chi connectivity index (χ0) is 17.2. The smallest absolute Gasteiger partial charge is 0.146 e. The Morgan fingerprint density at radius 1 is 1.12 bits per heavy atom. The number of hydrogen-bond donors (Lipinski definition) is 2. The van der Waals surface area contributed by atoms with Crippen LogP contribution < -0.4 is 5.32 Å². The molecule has 2 aliphatic rings. The Balaban J connectivity index is 1.69. The predicted molar refractivity (Wildman–Crippen MR) is 103 cm³/mol. The van der Waals surface area contributed by atoms with Crippen LogP contribution in [0, 0.1) is 0 Å². The topological polar surface area (TPSA) is 61.3 Å². The number of nitrogens with one attached hydrogen (secondary N) is 1. The molecule has 1 aliphatic carbocycles. The third-order valence-electron chi connectivity index (χ3n) is 5.24. The minimum atomic E-state index is -0.384. The number of anilines is 1. The molecule has 0 unspecified atom stereocenters. The van der Waals surface area contributed by atoms with Crippen LogP contribution >= 0.6 is 11.3 Å². The molecule has 6 heteroatoms. The molecular weight excluding hydrogens is 332 g/mol. The molecule has 136 valence electrons. The molecule has 0 bridgehead atoms. The average Bonchev–Trinajstić information content (AvgIpc) is 2.99. The molecule has 5 nitrogen and oxygen atoms in total. The molecule has 1 aliphatic heterocycles. The van der Waals surface area contributed by atoms with Gasteiger partial charge in [-0.1, -0.05) is 6.42 Å². The maximum Gasteiger partial charge on any atom is 0.146 e. The van der Waals surface area contributed by atoms with E-state index in [-0.39, 0.29) is 6.10 Å². The summed E-state index contributed by atoms with van der Waals surface area (Å²) < 4.78 is 0. The van der Waals surface area contributed by atoms with Gasteiger partial charge in [0.15, 0.2) is 0 Å². The largest absolute Gasteiger partial charge is 0.392 e. The maximum atomic E-state index is 9.69. The molecule has 1 fully saturated rings. The van der Waals surface area contributed by atoms with Crippen LogP contribution in [-0.2, 0) is 19.4 Å². The lowest BCUT2D eigenvalue weighted by Gasteiger charge is -2.25. The summed E-state index contributed by atoms with van der Waals surface area (Å²) in [5.41, 5.74) is 1.45. The van der Waals surface area contributed by atoms with Crippen molar-refractivity contribution in [3.05, 3.63) is 16.3 Å². The Morgan fingerprint density at radius 3 is 2.72 bits per heavy atom. The van der Waals surface area contributed by atoms with Crippen LogP contribution in [0.1, 0.15) is 55.3 Å². The summed E-state index contributed by atoms with van der Waals surface area (Å²) in [5, 5.41) is 14.3. The number of piperidine rings is 1. The molecule has 0 radical (unpaired) electrons. The summed E-state index contributed by atoms with van der Waals surface area (Å²) in [5.74, 6) is 1.85. The summed E-state index contributed by atoms with van der Waals surface area (Å²) >= 11 is 1.85. The molecule has 0 spiro atoms. The number of aromatic nitrogens is 2. The highest BCUT2D eigenvalue weighted by molar-refractivity contribution is 7.19. The summed E-state index contributed by atoms with van der Waals surface area (Å²) in [6.45, 7) is 5.47. The molecule has 2 N–H and O–H groups in total. The highest BCUT2D eigenvalue weighted by Gasteiger charge is 2.22. The molecule has 1 saturated heterocycles. The Kier molecular flexibility index (Phi) is 5.20. The molecule has 3 heterocycles. The first-order chi connectivity index (χ1) is 12.2. The van der Waals surface area contributed by atoms with Crippen LogP contribution in [0.25, 0.3) is 10.2 Å². The van der Waals surface area contributed by atoms with E-state index in [0.717, 1.165) is 42.5 Å². The zero-order valence-electron chi connectivity index (χ0n) is 15.1. The summed E-state index contributed by atoms with van der Waals surface area (Å²) in [6, 6.07) is 0. The van der Waals surface area contributed by atoms with E-state index < -0.39 is 0 Å². The number of hydrogen-bond acceptors (Lipinski definition) is 6. The highest BCUT2D eigenvalue weighted by atomic mass is 32.1. The van der Waals surface area contributed by atoms with E-state index in [1.807, 2.05) is 18.3 Å². The third kappa shape index (κ3) is 3.81. The monoisotopic (exact) mass is 360 g/mol. The van der Waals surface area contributed by atoms with Gasteiger partial charge in [0.1, 0.15) is 16.5 Å². The van der Waals surface area contributed by atoms with Crippen LogP contribution in [-0.4, -0.2) is 45.7 Å². The van der Waals surface area contributed by atoms with Gasteiger partial charge < -0.3 is 10.4 Å². The Hall–Kier alpha value is -1.24. The van der Waals surface area contributed by atoms with Crippen LogP contribution in [0.4, 0.5) is 5.82 Å². The second kappa shape index (κ2) is 7.56. The van der Waals surface area contributed by atoms with Crippen molar-refractivity contribution in [2.24, 2.45) is 0 Å². The number of thiophene rings is 1. The van der Waals surface area contributed by atoms with Crippen molar-refractivity contribution < 1.29 is 5.11 Å². The lowest BCUT2D eigenvalue weighted by Crippen LogP contribution is -2.30.